The van der Waals surface area contributed by atoms with Crippen LogP contribution in [0.3, 0.4) is 0 Å². The number of hydrogen-bond donors (Lipinski definition) is 3. The molecule has 0 spiro atoms. The number of urea groups is 1. The van der Waals surface area contributed by atoms with Crippen LogP contribution in [0, 0.1) is 0 Å². The van der Waals surface area contributed by atoms with Crippen LogP contribution in [0.15, 0.2) is 27.6 Å². The van der Waals surface area contributed by atoms with E-state index in [2.05, 4.69) is 15.7 Å². The van der Waals surface area contributed by atoms with Gasteiger partial charge in [0.15, 0.2) is 0 Å². The third kappa shape index (κ3) is 4.16. The summed E-state index contributed by atoms with van der Waals surface area (Å²) in [5, 5.41) is 20.0. The van der Waals surface area contributed by atoms with Gasteiger partial charge in [-0.05, 0) is 38.3 Å². The lowest BCUT2D eigenvalue weighted by molar-refractivity contribution is 0.0367. The Labute approximate surface area is 151 Å². The summed E-state index contributed by atoms with van der Waals surface area (Å²) in [5.41, 5.74) is -1.34. The summed E-state index contributed by atoms with van der Waals surface area (Å²) < 4.78 is 8.37. The van der Waals surface area contributed by atoms with E-state index >= 15 is 0 Å². The average Bonchev–Trinajstić information content (AvgIpc) is 3.27. The fraction of sp³-hybridized carbons (Fsp3) is 0.588. The summed E-state index contributed by atoms with van der Waals surface area (Å²) >= 11 is 0. The Morgan fingerprint density at radius 2 is 2.27 bits per heavy atom. The smallest absolute Gasteiger partial charge is 0.345 e. The minimum absolute atomic E-state index is 0.0274. The van der Waals surface area contributed by atoms with Crippen molar-refractivity contribution in [3.05, 3.63) is 40.5 Å². The zero-order chi connectivity index (χ0) is 18.6. The molecule has 0 aliphatic carbocycles. The molecule has 1 aliphatic rings. The van der Waals surface area contributed by atoms with E-state index in [1.54, 1.807) is 23.6 Å². The Balaban J connectivity index is 1.39. The molecule has 3 rings (SSSR count). The first-order valence-electron chi connectivity index (χ1n) is 8.92. The van der Waals surface area contributed by atoms with Gasteiger partial charge in [-0.25, -0.2) is 14.3 Å². The number of hydrogen-bond acceptors (Lipinski definition) is 5. The van der Waals surface area contributed by atoms with Crippen molar-refractivity contribution in [1.29, 1.82) is 0 Å². The normalized spacial score (nSPS) is 15.9. The quantitative estimate of drug-likeness (QED) is 0.622. The van der Waals surface area contributed by atoms with E-state index in [9.17, 15) is 14.7 Å². The maximum Gasteiger partial charge on any atom is 0.345 e. The molecule has 0 bridgehead atoms. The van der Waals surface area contributed by atoms with Gasteiger partial charge in [0.1, 0.15) is 17.2 Å². The summed E-state index contributed by atoms with van der Waals surface area (Å²) in [6.45, 7) is 3.20. The Morgan fingerprint density at radius 1 is 1.42 bits per heavy atom. The first-order valence-corrected chi connectivity index (χ1v) is 8.92. The predicted octanol–water partition coefficient (Wildman–Crippen LogP) is 0.571. The second-order valence-corrected chi connectivity index (χ2v) is 6.74. The van der Waals surface area contributed by atoms with Gasteiger partial charge in [0.2, 0.25) is 0 Å². The van der Waals surface area contributed by atoms with Crippen LogP contribution in [0.4, 0.5) is 4.79 Å². The lowest BCUT2D eigenvalue weighted by Gasteiger charge is -2.21. The Morgan fingerprint density at radius 3 is 3.00 bits per heavy atom. The molecule has 1 unspecified atom stereocenters. The molecule has 26 heavy (non-hydrogen) atoms. The number of carbonyl (C=O) groups is 1. The van der Waals surface area contributed by atoms with Crippen LogP contribution in [-0.2, 0) is 25.1 Å². The summed E-state index contributed by atoms with van der Waals surface area (Å²) in [7, 11) is 0. The number of aromatic nitrogens is 3. The lowest BCUT2D eigenvalue weighted by Crippen LogP contribution is -2.43. The fourth-order valence-electron chi connectivity index (χ4n) is 3.01. The van der Waals surface area contributed by atoms with Crippen LogP contribution >= 0.6 is 0 Å². The number of amides is 2. The second kappa shape index (κ2) is 7.77. The molecule has 0 fully saturated rings. The summed E-state index contributed by atoms with van der Waals surface area (Å²) in [5.74, 6) is 1.24. The van der Waals surface area contributed by atoms with E-state index < -0.39 is 5.60 Å². The molecule has 1 atom stereocenters. The molecule has 142 valence electrons. The number of furan rings is 1. The van der Waals surface area contributed by atoms with Crippen molar-refractivity contribution in [3.8, 4) is 0 Å². The molecule has 3 heterocycles. The van der Waals surface area contributed by atoms with Gasteiger partial charge in [0.05, 0.1) is 12.8 Å². The number of aryl methyl sites for hydroxylation is 2. The van der Waals surface area contributed by atoms with E-state index in [0.29, 0.717) is 25.3 Å². The van der Waals surface area contributed by atoms with E-state index in [1.165, 1.54) is 10.9 Å². The van der Waals surface area contributed by atoms with Gasteiger partial charge < -0.3 is 20.2 Å². The number of nitrogens with one attached hydrogen (secondary N) is 2. The Kier molecular flexibility index (Phi) is 5.46. The molecule has 0 aromatic carbocycles. The van der Waals surface area contributed by atoms with Crippen molar-refractivity contribution in [2.75, 3.05) is 13.1 Å². The van der Waals surface area contributed by atoms with Crippen molar-refractivity contribution in [2.24, 2.45) is 0 Å². The number of rotatable bonds is 7. The molecule has 0 saturated heterocycles. The molecule has 0 saturated carbocycles. The van der Waals surface area contributed by atoms with E-state index in [1.807, 2.05) is 0 Å². The van der Waals surface area contributed by atoms with Gasteiger partial charge >= 0.3 is 11.7 Å². The molecular weight excluding hydrogens is 338 g/mol. The first kappa shape index (κ1) is 18.2. The molecule has 2 amide bonds. The van der Waals surface area contributed by atoms with Gasteiger partial charge in [-0.3, -0.25) is 4.57 Å². The molecule has 2 aromatic rings. The van der Waals surface area contributed by atoms with Crippen LogP contribution < -0.4 is 16.3 Å². The van der Waals surface area contributed by atoms with Crippen molar-refractivity contribution in [3.63, 3.8) is 0 Å². The molecule has 9 heteroatoms. The van der Waals surface area contributed by atoms with Crippen LogP contribution in [0.2, 0.25) is 0 Å². The van der Waals surface area contributed by atoms with Crippen molar-refractivity contribution >= 4 is 6.03 Å². The maximum atomic E-state index is 12.2. The maximum absolute atomic E-state index is 12.2. The van der Waals surface area contributed by atoms with Crippen LogP contribution in [0.1, 0.15) is 37.8 Å². The van der Waals surface area contributed by atoms with E-state index in [0.717, 1.165) is 31.6 Å². The third-order valence-corrected chi connectivity index (χ3v) is 4.51. The minimum atomic E-state index is -1.27. The largest absolute Gasteiger partial charge is 0.466 e. The van der Waals surface area contributed by atoms with Gasteiger partial charge in [-0.1, -0.05) is 0 Å². The van der Waals surface area contributed by atoms with E-state index in [-0.39, 0.29) is 18.3 Å². The Hall–Kier alpha value is -2.55. The molecule has 1 aliphatic heterocycles. The van der Waals surface area contributed by atoms with Gasteiger partial charge in [-0.15, -0.1) is 0 Å². The van der Waals surface area contributed by atoms with Gasteiger partial charge in [-0.2, -0.15) is 5.10 Å². The molecule has 3 N–H and O–H groups in total. The summed E-state index contributed by atoms with van der Waals surface area (Å²) in [6, 6.07) is 2.95. The zero-order valence-corrected chi connectivity index (χ0v) is 14.9. The SMILES string of the molecule is CC(O)(CNC(=O)NCCCn1nc2n(c1=O)CCCC2)c1ccco1. The monoisotopic (exact) mass is 363 g/mol. The highest BCUT2D eigenvalue weighted by Crippen LogP contribution is 2.19. The number of fused-ring (bicyclic) bond motifs is 1. The van der Waals surface area contributed by atoms with Crippen LogP contribution in [-0.4, -0.2) is 38.6 Å². The standard InChI is InChI=1S/C17H25N5O4/c1-17(25,13-6-4-11-26-13)12-19-15(23)18-8-5-10-22-16(24)21-9-3-2-7-14(21)20-22/h4,6,11,25H,2-3,5,7-10,12H2,1H3,(H2,18,19,23). The highest BCUT2D eigenvalue weighted by Gasteiger charge is 2.26. The molecular formula is C17H25N5O4. The molecule has 0 radical (unpaired) electrons. The van der Waals surface area contributed by atoms with Gasteiger partial charge in [0.25, 0.3) is 0 Å². The van der Waals surface area contributed by atoms with Crippen molar-refractivity contribution in [2.45, 2.75) is 51.3 Å². The van der Waals surface area contributed by atoms with Crippen LogP contribution in [0.5, 0.6) is 0 Å². The summed E-state index contributed by atoms with van der Waals surface area (Å²) in [4.78, 5) is 24.0. The lowest BCUT2D eigenvalue weighted by atomic mass is 10.0. The number of aliphatic hydroxyl groups is 1. The highest BCUT2D eigenvalue weighted by atomic mass is 16.4. The second-order valence-electron chi connectivity index (χ2n) is 6.74. The third-order valence-electron chi connectivity index (χ3n) is 4.51. The number of carbonyl (C=O) groups excluding carboxylic acids is 1. The zero-order valence-electron chi connectivity index (χ0n) is 14.9. The first-order chi connectivity index (χ1) is 12.5. The predicted molar refractivity (Wildman–Crippen MR) is 93.7 cm³/mol. The molecule has 2 aromatic heterocycles. The molecule has 9 nitrogen and oxygen atoms in total. The fourth-order valence-corrected chi connectivity index (χ4v) is 3.01. The average molecular weight is 363 g/mol. The Bertz CT molecular complexity index is 791. The van der Waals surface area contributed by atoms with Crippen molar-refractivity contribution in [1.82, 2.24) is 25.0 Å². The van der Waals surface area contributed by atoms with E-state index in [4.69, 9.17) is 4.42 Å². The van der Waals surface area contributed by atoms with Crippen molar-refractivity contribution < 1.29 is 14.3 Å². The summed E-state index contributed by atoms with van der Waals surface area (Å²) in [6.07, 6.45) is 5.00. The van der Waals surface area contributed by atoms with Gasteiger partial charge in [0, 0.05) is 26.1 Å². The topological polar surface area (TPSA) is 114 Å². The minimum Gasteiger partial charge on any atom is -0.466 e. The van der Waals surface area contributed by atoms with Crippen LogP contribution in [0.25, 0.3) is 0 Å². The highest BCUT2D eigenvalue weighted by molar-refractivity contribution is 5.73. The number of nitrogens with zero attached hydrogens (tertiary/aromatic N) is 3.